The van der Waals surface area contributed by atoms with Crippen molar-refractivity contribution in [3.05, 3.63) is 53.6 Å². The first-order chi connectivity index (χ1) is 13.8. The molecular weight excluding hydrogens is 396 g/mol. The Kier molecular flexibility index (Phi) is 5.78. The average Bonchev–Trinajstić information content (AvgIpc) is 2.91. The molecule has 29 heavy (non-hydrogen) atoms. The quantitative estimate of drug-likeness (QED) is 0.739. The molecule has 0 bridgehead atoms. The zero-order valence-electron chi connectivity index (χ0n) is 16.3. The van der Waals surface area contributed by atoms with E-state index in [4.69, 9.17) is 9.47 Å². The molecule has 8 nitrogen and oxygen atoms in total. The molecule has 2 aromatic rings. The van der Waals surface area contributed by atoms with Gasteiger partial charge in [-0.3, -0.25) is 9.59 Å². The topological polar surface area (TPSA) is 102 Å². The van der Waals surface area contributed by atoms with Crippen LogP contribution in [0.1, 0.15) is 35.3 Å². The maximum atomic E-state index is 12.5. The van der Waals surface area contributed by atoms with Crippen molar-refractivity contribution in [2.75, 3.05) is 20.8 Å². The molecule has 0 radical (unpaired) electrons. The predicted octanol–water partition coefficient (Wildman–Crippen LogP) is 2.12. The number of sulfonamides is 1. The van der Waals surface area contributed by atoms with Crippen molar-refractivity contribution in [1.29, 1.82) is 0 Å². The van der Waals surface area contributed by atoms with Crippen LogP contribution in [0.25, 0.3) is 0 Å². The van der Waals surface area contributed by atoms with Gasteiger partial charge in [-0.15, -0.1) is 0 Å². The second kappa shape index (κ2) is 8.12. The molecule has 2 aromatic carbocycles. The minimum atomic E-state index is -3.92. The monoisotopic (exact) mass is 418 g/mol. The highest BCUT2D eigenvalue weighted by Gasteiger charge is 2.40. The molecule has 1 N–H and O–H groups in total. The highest BCUT2D eigenvalue weighted by atomic mass is 32.2. The van der Waals surface area contributed by atoms with Gasteiger partial charge in [0.05, 0.1) is 25.8 Å². The lowest BCUT2D eigenvalue weighted by molar-refractivity contribution is -0.121. The smallest absolute Gasteiger partial charge is 0.269 e. The number of rotatable bonds is 7. The fraction of sp³-hybridized carbons (Fsp3) is 0.300. The largest absolute Gasteiger partial charge is 0.497 e. The van der Waals surface area contributed by atoms with Crippen LogP contribution in [0, 0.1) is 0 Å². The molecule has 0 spiro atoms. The van der Waals surface area contributed by atoms with E-state index in [0.717, 1.165) is 9.87 Å². The third-order valence-electron chi connectivity index (χ3n) is 4.73. The lowest BCUT2D eigenvalue weighted by Gasteiger charge is -2.19. The van der Waals surface area contributed by atoms with Gasteiger partial charge in [0, 0.05) is 18.5 Å². The summed E-state index contributed by atoms with van der Waals surface area (Å²) >= 11 is 0. The van der Waals surface area contributed by atoms with Crippen LogP contribution in [0.2, 0.25) is 0 Å². The van der Waals surface area contributed by atoms with E-state index in [1.54, 1.807) is 44.4 Å². The molecule has 1 unspecified atom stereocenters. The van der Waals surface area contributed by atoms with Crippen LogP contribution < -0.4 is 14.8 Å². The average molecular weight is 418 g/mol. The fourth-order valence-corrected chi connectivity index (χ4v) is 4.79. The molecular formula is C20H22N2O6S. The van der Waals surface area contributed by atoms with E-state index < -0.39 is 22.0 Å². The van der Waals surface area contributed by atoms with Gasteiger partial charge >= 0.3 is 0 Å². The molecule has 1 aliphatic heterocycles. The lowest BCUT2D eigenvalue weighted by Crippen LogP contribution is -2.35. The Hall–Kier alpha value is -3.07. The fourth-order valence-electron chi connectivity index (χ4n) is 3.22. The summed E-state index contributed by atoms with van der Waals surface area (Å²) in [5, 5.41) is 2.80. The maximum Gasteiger partial charge on any atom is 0.269 e. The highest BCUT2D eigenvalue weighted by Crippen LogP contribution is 2.31. The van der Waals surface area contributed by atoms with E-state index in [1.165, 1.54) is 19.2 Å². The van der Waals surface area contributed by atoms with Crippen LogP contribution in [0.4, 0.5) is 0 Å². The summed E-state index contributed by atoms with van der Waals surface area (Å²) in [7, 11) is -0.853. The minimum absolute atomic E-state index is 0.0279. The molecule has 1 atom stereocenters. The minimum Gasteiger partial charge on any atom is -0.497 e. The van der Waals surface area contributed by atoms with Crippen LogP contribution >= 0.6 is 0 Å². The Balaban J connectivity index is 1.67. The molecule has 3 rings (SSSR count). The van der Waals surface area contributed by atoms with Crippen molar-refractivity contribution in [3.8, 4) is 11.5 Å². The highest BCUT2D eigenvalue weighted by molar-refractivity contribution is 7.90. The first-order valence-corrected chi connectivity index (χ1v) is 10.4. The van der Waals surface area contributed by atoms with Gasteiger partial charge in [-0.25, -0.2) is 12.7 Å². The van der Waals surface area contributed by atoms with Gasteiger partial charge in [0.2, 0.25) is 5.91 Å². The summed E-state index contributed by atoms with van der Waals surface area (Å²) in [5.41, 5.74) is 0.847. The number of fused-ring (bicyclic) bond motifs is 1. The Labute approximate surface area is 169 Å². The number of hydrogen-bond acceptors (Lipinski definition) is 6. The molecule has 0 aromatic heterocycles. The summed E-state index contributed by atoms with van der Waals surface area (Å²) in [4.78, 5) is 24.8. The van der Waals surface area contributed by atoms with Crippen LogP contribution in [0.5, 0.6) is 11.5 Å². The van der Waals surface area contributed by atoms with Crippen LogP contribution in [0.3, 0.4) is 0 Å². The summed E-state index contributed by atoms with van der Waals surface area (Å²) in [6.07, 6.45) is -0.157. The molecule has 0 saturated carbocycles. The third-order valence-corrected chi connectivity index (χ3v) is 6.58. The van der Waals surface area contributed by atoms with Crippen LogP contribution in [0.15, 0.2) is 47.4 Å². The number of carbonyl (C=O) groups excluding carboxylic acids is 2. The molecule has 154 valence electrons. The standard InChI is InChI=1S/C20H22N2O6S/c1-13(16-12-14(27-2)8-9-17(16)28-3)21-19(23)10-11-22-20(24)15-6-4-5-7-18(15)29(22,25)26/h4-9,12-13H,10-11H2,1-3H3,(H,21,23). The SMILES string of the molecule is COc1ccc(OC)c(C(C)NC(=O)CCN2C(=O)c3ccccc3S2(=O)=O)c1. The number of amides is 2. The van der Waals surface area contributed by atoms with Crippen LogP contribution in [-0.4, -0.2) is 45.3 Å². The summed E-state index contributed by atoms with van der Waals surface area (Å²) < 4.78 is 36.4. The molecule has 9 heteroatoms. The Morgan fingerprint density at radius 3 is 2.52 bits per heavy atom. The van der Waals surface area contributed by atoms with E-state index >= 15 is 0 Å². The molecule has 1 aliphatic rings. The Morgan fingerprint density at radius 1 is 1.14 bits per heavy atom. The van der Waals surface area contributed by atoms with E-state index in [1.807, 2.05) is 0 Å². The van der Waals surface area contributed by atoms with Gasteiger partial charge in [-0.2, -0.15) is 0 Å². The number of methoxy groups -OCH3 is 2. The third kappa shape index (κ3) is 3.91. The normalized spacial score (nSPS) is 15.6. The number of ether oxygens (including phenoxy) is 2. The van der Waals surface area contributed by atoms with Gasteiger partial charge in [0.15, 0.2) is 0 Å². The zero-order chi connectivity index (χ0) is 21.2. The van der Waals surface area contributed by atoms with Gasteiger partial charge in [-0.1, -0.05) is 12.1 Å². The second-order valence-electron chi connectivity index (χ2n) is 6.53. The molecule has 2 amide bonds. The van der Waals surface area contributed by atoms with Crippen molar-refractivity contribution in [3.63, 3.8) is 0 Å². The van der Waals surface area contributed by atoms with E-state index in [-0.39, 0.29) is 29.3 Å². The number of benzene rings is 2. The zero-order valence-corrected chi connectivity index (χ0v) is 17.2. The Morgan fingerprint density at radius 2 is 1.86 bits per heavy atom. The molecule has 0 aliphatic carbocycles. The first kappa shape index (κ1) is 20.7. The second-order valence-corrected chi connectivity index (χ2v) is 8.36. The molecule has 0 fully saturated rings. The number of hydrogen-bond donors (Lipinski definition) is 1. The van der Waals surface area contributed by atoms with Gasteiger partial charge in [0.25, 0.3) is 15.9 Å². The summed E-state index contributed by atoms with van der Waals surface area (Å²) in [6, 6.07) is 10.9. The van der Waals surface area contributed by atoms with E-state index in [0.29, 0.717) is 11.5 Å². The van der Waals surface area contributed by atoms with Crippen molar-refractivity contribution >= 4 is 21.8 Å². The summed E-state index contributed by atoms with van der Waals surface area (Å²) in [5.74, 6) is 0.206. The number of nitrogens with zero attached hydrogens (tertiary/aromatic N) is 1. The lowest BCUT2D eigenvalue weighted by atomic mass is 10.1. The van der Waals surface area contributed by atoms with Crippen molar-refractivity contribution < 1.29 is 27.5 Å². The predicted molar refractivity (Wildman–Crippen MR) is 105 cm³/mol. The molecule has 1 heterocycles. The van der Waals surface area contributed by atoms with E-state index in [9.17, 15) is 18.0 Å². The summed E-state index contributed by atoms with van der Waals surface area (Å²) in [6.45, 7) is 1.55. The molecule has 0 saturated heterocycles. The van der Waals surface area contributed by atoms with Crippen LogP contribution in [-0.2, 0) is 14.8 Å². The van der Waals surface area contributed by atoms with E-state index in [2.05, 4.69) is 5.32 Å². The first-order valence-electron chi connectivity index (χ1n) is 8.97. The van der Waals surface area contributed by atoms with Gasteiger partial charge < -0.3 is 14.8 Å². The van der Waals surface area contributed by atoms with Crippen molar-refractivity contribution in [1.82, 2.24) is 9.62 Å². The van der Waals surface area contributed by atoms with Gasteiger partial charge in [0.1, 0.15) is 16.4 Å². The van der Waals surface area contributed by atoms with Gasteiger partial charge in [-0.05, 0) is 37.3 Å². The number of carbonyl (C=O) groups is 2. The maximum absolute atomic E-state index is 12.5. The number of nitrogens with one attached hydrogen (secondary N) is 1. The van der Waals surface area contributed by atoms with Crippen molar-refractivity contribution in [2.24, 2.45) is 0 Å². The Bertz CT molecular complexity index is 1050. The van der Waals surface area contributed by atoms with Crippen molar-refractivity contribution in [2.45, 2.75) is 24.3 Å².